The fourth-order valence-corrected chi connectivity index (χ4v) is 7.84. The van der Waals surface area contributed by atoms with Crippen LogP contribution in [-0.2, 0) is 14.2 Å². The Morgan fingerprint density at radius 2 is 2.00 bits per heavy atom. The minimum Gasteiger partial charge on any atom is -0.462 e. The SMILES string of the molecule is CCCCC1=COC(C2([C]3OCCCC3CC)CCCCCC[SiH2]2)OC=C1. The predicted octanol–water partition coefficient (Wildman–Crippen LogP) is 6.03. The van der Waals surface area contributed by atoms with Gasteiger partial charge in [0.15, 0.2) is 0 Å². The fourth-order valence-electron chi connectivity index (χ4n) is 5.04. The van der Waals surface area contributed by atoms with Crippen LogP contribution in [0.2, 0.25) is 11.1 Å². The van der Waals surface area contributed by atoms with Gasteiger partial charge >= 0.3 is 0 Å². The average molecular weight is 392 g/mol. The zero-order chi connectivity index (χ0) is 19.0. The molecule has 3 unspecified atom stereocenters. The van der Waals surface area contributed by atoms with Crippen LogP contribution < -0.4 is 0 Å². The van der Waals surface area contributed by atoms with E-state index in [1.807, 2.05) is 12.5 Å². The highest BCUT2D eigenvalue weighted by atomic mass is 28.2. The Morgan fingerprint density at radius 3 is 2.85 bits per heavy atom. The molecule has 0 N–H and O–H groups in total. The molecule has 0 amide bonds. The molecule has 3 atom stereocenters. The molecular weight excluding hydrogens is 352 g/mol. The van der Waals surface area contributed by atoms with Crippen LogP contribution in [0.1, 0.15) is 84.5 Å². The summed E-state index contributed by atoms with van der Waals surface area (Å²) in [5.41, 5.74) is 1.25. The number of rotatable bonds is 6. The lowest BCUT2D eigenvalue weighted by atomic mass is 9.80. The molecule has 0 aromatic heterocycles. The number of allylic oxidation sites excluding steroid dienone is 2. The first kappa shape index (κ1) is 21.0. The monoisotopic (exact) mass is 391 g/mol. The normalized spacial score (nSPS) is 34.1. The highest BCUT2D eigenvalue weighted by molar-refractivity contribution is 6.41. The minimum absolute atomic E-state index is 0.0303. The van der Waals surface area contributed by atoms with Crippen molar-refractivity contribution >= 4 is 9.52 Å². The van der Waals surface area contributed by atoms with Crippen molar-refractivity contribution in [2.24, 2.45) is 5.92 Å². The third kappa shape index (κ3) is 5.20. The lowest BCUT2D eigenvalue weighted by molar-refractivity contribution is -0.122. The van der Waals surface area contributed by atoms with Crippen molar-refractivity contribution in [1.82, 2.24) is 0 Å². The molecule has 0 spiro atoms. The number of hydrogen-bond donors (Lipinski definition) is 0. The van der Waals surface area contributed by atoms with Gasteiger partial charge in [0.2, 0.25) is 6.29 Å². The van der Waals surface area contributed by atoms with Gasteiger partial charge in [-0.2, -0.15) is 0 Å². The van der Waals surface area contributed by atoms with Crippen LogP contribution in [0.3, 0.4) is 0 Å². The second-order valence-corrected chi connectivity index (χ2v) is 11.1. The van der Waals surface area contributed by atoms with Crippen LogP contribution in [0.5, 0.6) is 0 Å². The summed E-state index contributed by atoms with van der Waals surface area (Å²) in [7, 11) is -0.396. The lowest BCUT2D eigenvalue weighted by Gasteiger charge is -2.48. The molecule has 3 aliphatic heterocycles. The second-order valence-electron chi connectivity index (χ2n) is 8.59. The lowest BCUT2D eigenvalue weighted by Crippen LogP contribution is -2.46. The van der Waals surface area contributed by atoms with E-state index in [-0.39, 0.29) is 11.3 Å². The van der Waals surface area contributed by atoms with Crippen LogP contribution in [0, 0.1) is 12.0 Å². The van der Waals surface area contributed by atoms with Gasteiger partial charge in [-0.15, -0.1) is 0 Å². The summed E-state index contributed by atoms with van der Waals surface area (Å²) in [6.45, 7) is 5.43. The second kappa shape index (κ2) is 10.7. The van der Waals surface area contributed by atoms with E-state index in [1.165, 1.54) is 81.9 Å². The molecule has 0 aromatic rings. The van der Waals surface area contributed by atoms with Crippen LogP contribution in [0.4, 0.5) is 0 Å². The maximum atomic E-state index is 6.45. The standard InChI is InChI=1S/C23H39O3Si/c1-3-5-11-19-13-16-25-22(26-18-19)23(14-8-6-7-9-17-27-23)21-20(4-2)12-10-15-24-21/h13,16,18,20,22H,3-12,14-15,17,27H2,1-2H3. The molecule has 1 radical (unpaired) electrons. The first-order valence-electron chi connectivity index (χ1n) is 11.5. The van der Waals surface area contributed by atoms with Crippen molar-refractivity contribution in [3.63, 3.8) is 0 Å². The third-order valence-corrected chi connectivity index (χ3v) is 9.43. The molecule has 2 fully saturated rings. The molecule has 4 heteroatoms. The van der Waals surface area contributed by atoms with Gasteiger partial charge < -0.3 is 14.2 Å². The molecule has 3 heterocycles. The van der Waals surface area contributed by atoms with Gasteiger partial charge in [0.1, 0.15) is 6.10 Å². The maximum absolute atomic E-state index is 6.45. The molecule has 3 aliphatic rings. The molecule has 0 aromatic carbocycles. The Labute approximate surface area is 168 Å². The van der Waals surface area contributed by atoms with Crippen molar-refractivity contribution in [2.45, 2.75) is 102 Å². The summed E-state index contributed by atoms with van der Waals surface area (Å²) in [5, 5.41) is 0.0303. The first-order valence-corrected chi connectivity index (χ1v) is 13.2. The zero-order valence-corrected chi connectivity index (χ0v) is 18.9. The fraction of sp³-hybridized carbons (Fsp3) is 0.783. The number of unbranched alkanes of at least 4 members (excludes halogenated alkanes) is 1. The zero-order valence-electron chi connectivity index (χ0n) is 17.5. The van der Waals surface area contributed by atoms with E-state index < -0.39 is 9.52 Å². The molecule has 3 rings (SSSR count). The number of hydrogen-bond acceptors (Lipinski definition) is 3. The molecule has 0 saturated carbocycles. The maximum Gasteiger partial charge on any atom is 0.244 e. The molecule has 2 saturated heterocycles. The summed E-state index contributed by atoms with van der Waals surface area (Å²) >= 11 is 0. The van der Waals surface area contributed by atoms with Gasteiger partial charge in [-0.05, 0) is 49.7 Å². The highest BCUT2D eigenvalue weighted by Crippen LogP contribution is 2.55. The van der Waals surface area contributed by atoms with Crippen molar-refractivity contribution in [1.29, 1.82) is 0 Å². The summed E-state index contributed by atoms with van der Waals surface area (Å²) in [4.78, 5) is 0. The van der Waals surface area contributed by atoms with Crippen LogP contribution in [0.25, 0.3) is 0 Å². The topological polar surface area (TPSA) is 27.7 Å². The Morgan fingerprint density at radius 1 is 1.11 bits per heavy atom. The molecule has 3 nitrogen and oxygen atoms in total. The van der Waals surface area contributed by atoms with E-state index in [0.29, 0.717) is 5.92 Å². The van der Waals surface area contributed by atoms with Gasteiger partial charge in [0.05, 0.1) is 17.6 Å². The summed E-state index contributed by atoms with van der Waals surface area (Å²) < 4.78 is 19.1. The average Bonchev–Trinajstić information content (AvgIpc) is 2.93. The largest absolute Gasteiger partial charge is 0.462 e. The van der Waals surface area contributed by atoms with Gasteiger partial charge in [-0.1, -0.05) is 58.4 Å². The van der Waals surface area contributed by atoms with Gasteiger partial charge in [0.25, 0.3) is 0 Å². The first-order chi connectivity index (χ1) is 13.3. The Hall–Kier alpha value is -0.743. The van der Waals surface area contributed by atoms with E-state index in [9.17, 15) is 0 Å². The quantitative estimate of drug-likeness (QED) is 0.518. The Balaban J connectivity index is 1.85. The van der Waals surface area contributed by atoms with Crippen molar-refractivity contribution < 1.29 is 14.2 Å². The summed E-state index contributed by atoms with van der Waals surface area (Å²) in [5.74, 6) is 0.577. The smallest absolute Gasteiger partial charge is 0.244 e. The number of ether oxygens (including phenoxy) is 3. The Kier molecular flexibility index (Phi) is 8.32. The minimum atomic E-state index is -0.396. The molecule has 0 bridgehead atoms. The van der Waals surface area contributed by atoms with Crippen molar-refractivity contribution in [2.75, 3.05) is 6.61 Å². The predicted molar refractivity (Wildman–Crippen MR) is 114 cm³/mol. The van der Waals surface area contributed by atoms with E-state index in [1.54, 1.807) is 0 Å². The van der Waals surface area contributed by atoms with Crippen LogP contribution >= 0.6 is 0 Å². The van der Waals surface area contributed by atoms with E-state index in [2.05, 4.69) is 19.9 Å². The summed E-state index contributed by atoms with van der Waals surface area (Å²) in [6.07, 6.45) is 20.8. The summed E-state index contributed by atoms with van der Waals surface area (Å²) in [6, 6.07) is 1.38. The molecule has 27 heavy (non-hydrogen) atoms. The van der Waals surface area contributed by atoms with E-state index in [4.69, 9.17) is 14.2 Å². The van der Waals surface area contributed by atoms with Gasteiger partial charge in [-0.3, -0.25) is 0 Å². The van der Waals surface area contributed by atoms with E-state index >= 15 is 0 Å². The molecule has 153 valence electrons. The van der Waals surface area contributed by atoms with Crippen LogP contribution in [-0.4, -0.2) is 22.4 Å². The van der Waals surface area contributed by atoms with Crippen molar-refractivity contribution in [3.8, 4) is 0 Å². The van der Waals surface area contributed by atoms with Gasteiger partial charge in [-0.25, -0.2) is 0 Å². The third-order valence-electron chi connectivity index (χ3n) is 6.65. The Bertz CT molecular complexity index is 494. The van der Waals surface area contributed by atoms with Crippen LogP contribution in [0.15, 0.2) is 24.2 Å². The van der Waals surface area contributed by atoms with Crippen molar-refractivity contribution in [3.05, 3.63) is 30.3 Å². The molecule has 0 aliphatic carbocycles. The van der Waals surface area contributed by atoms with Gasteiger partial charge in [0, 0.05) is 16.1 Å². The molecular formula is C23H39O3Si. The van der Waals surface area contributed by atoms with E-state index in [0.717, 1.165) is 13.0 Å². The highest BCUT2D eigenvalue weighted by Gasteiger charge is 2.52.